The molecule has 3 rings (SSSR count). The zero-order valence-electron chi connectivity index (χ0n) is 14.3. The third-order valence-corrected chi connectivity index (χ3v) is 4.46. The van der Waals surface area contributed by atoms with Crippen LogP contribution in [-0.2, 0) is 4.74 Å². The highest BCUT2D eigenvalue weighted by molar-refractivity contribution is 6.30. The molecule has 3 N–H and O–H groups in total. The normalized spacial score (nSPS) is 15.4. The second kappa shape index (κ2) is 8.89. The largest absolute Gasteiger partial charge is 0.387 e. The summed E-state index contributed by atoms with van der Waals surface area (Å²) in [5.41, 5.74) is 2.50. The molecule has 0 radical (unpaired) electrons. The van der Waals surface area contributed by atoms with E-state index in [2.05, 4.69) is 15.5 Å². The van der Waals surface area contributed by atoms with Crippen molar-refractivity contribution in [2.45, 2.75) is 6.10 Å². The number of halogens is 1. The van der Waals surface area contributed by atoms with Crippen molar-refractivity contribution < 1.29 is 14.6 Å². The molecule has 138 valence electrons. The molecule has 1 saturated heterocycles. The van der Waals surface area contributed by atoms with Gasteiger partial charge in [0, 0.05) is 36.0 Å². The molecular weight excluding hydrogens is 354 g/mol. The number of anilines is 2. The van der Waals surface area contributed by atoms with Gasteiger partial charge >= 0.3 is 6.03 Å². The molecule has 0 spiro atoms. The topological polar surface area (TPSA) is 73.8 Å². The number of nitrogens with one attached hydrogen (secondary N) is 2. The van der Waals surface area contributed by atoms with Gasteiger partial charge < -0.3 is 25.4 Å². The van der Waals surface area contributed by atoms with Crippen molar-refractivity contribution in [3.05, 3.63) is 59.1 Å². The van der Waals surface area contributed by atoms with E-state index in [1.807, 2.05) is 24.3 Å². The zero-order chi connectivity index (χ0) is 18.4. The first-order chi connectivity index (χ1) is 12.6. The van der Waals surface area contributed by atoms with Crippen molar-refractivity contribution in [3.63, 3.8) is 0 Å². The monoisotopic (exact) mass is 375 g/mol. The maximum atomic E-state index is 11.9. The summed E-state index contributed by atoms with van der Waals surface area (Å²) in [6, 6.07) is 14.2. The number of carbonyl (C=O) groups excluding carboxylic acids is 1. The number of hydrogen-bond acceptors (Lipinski definition) is 4. The fourth-order valence-corrected chi connectivity index (χ4v) is 2.87. The molecule has 1 aliphatic heterocycles. The molecule has 0 saturated carbocycles. The number of nitrogens with zero attached hydrogens (tertiary/aromatic N) is 1. The lowest BCUT2D eigenvalue weighted by molar-refractivity contribution is 0.122. The number of ether oxygens (including phenoxy) is 1. The van der Waals surface area contributed by atoms with Gasteiger partial charge in [-0.05, 0) is 42.0 Å². The van der Waals surface area contributed by atoms with Crippen LogP contribution in [0.25, 0.3) is 0 Å². The van der Waals surface area contributed by atoms with Crippen LogP contribution in [0.3, 0.4) is 0 Å². The Kier molecular flexibility index (Phi) is 6.33. The highest BCUT2D eigenvalue weighted by Gasteiger charge is 2.13. The predicted octanol–water partition coefficient (Wildman–Crippen LogP) is 3.03. The van der Waals surface area contributed by atoms with E-state index in [4.69, 9.17) is 16.3 Å². The van der Waals surface area contributed by atoms with Gasteiger partial charge in [-0.3, -0.25) is 0 Å². The molecule has 2 aromatic carbocycles. The van der Waals surface area contributed by atoms with Crippen molar-refractivity contribution >= 4 is 29.0 Å². The number of hydrogen-bond donors (Lipinski definition) is 3. The van der Waals surface area contributed by atoms with E-state index in [0.29, 0.717) is 10.7 Å². The first kappa shape index (κ1) is 18.5. The van der Waals surface area contributed by atoms with Crippen LogP contribution in [0.5, 0.6) is 0 Å². The second-order valence-electron chi connectivity index (χ2n) is 6.05. The number of amides is 2. The SMILES string of the molecule is O=C(NCC(O)c1ccc(N2CCOCC2)cc1)Nc1ccc(Cl)cc1. The van der Waals surface area contributed by atoms with Gasteiger partial charge in [-0.2, -0.15) is 0 Å². The van der Waals surface area contributed by atoms with Crippen LogP contribution < -0.4 is 15.5 Å². The highest BCUT2D eigenvalue weighted by atomic mass is 35.5. The molecule has 2 aromatic rings. The molecule has 26 heavy (non-hydrogen) atoms. The lowest BCUT2D eigenvalue weighted by atomic mass is 10.1. The number of aliphatic hydroxyl groups excluding tert-OH is 1. The lowest BCUT2D eigenvalue weighted by Crippen LogP contribution is -2.36. The zero-order valence-corrected chi connectivity index (χ0v) is 15.1. The Morgan fingerprint density at radius 2 is 1.77 bits per heavy atom. The molecule has 1 aliphatic rings. The Balaban J connectivity index is 1.48. The second-order valence-corrected chi connectivity index (χ2v) is 6.49. The van der Waals surface area contributed by atoms with Gasteiger partial charge in [0.25, 0.3) is 0 Å². The van der Waals surface area contributed by atoms with E-state index < -0.39 is 6.10 Å². The van der Waals surface area contributed by atoms with Crippen LogP contribution in [0.4, 0.5) is 16.2 Å². The Bertz CT molecular complexity index is 716. The first-order valence-electron chi connectivity index (χ1n) is 8.53. The summed E-state index contributed by atoms with van der Waals surface area (Å²) in [6.45, 7) is 3.33. The van der Waals surface area contributed by atoms with Crippen LogP contribution in [0.15, 0.2) is 48.5 Å². The quantitative estimate of drug-likeness (QED) is 0.751. The summed E-state index contributed by atoms with van der Waals surface area (Å²) in [4.78, 5) is 14.2. The van der Waals surface area contributed by atoms with E-state index in [-0.39, 0.29) is 12.6 Å². The summed E-state index contributed by atoms with van der Waals surface area (Å²) in [6.07, 6.45) is -0.773. The Morgan fingerprint density at radius 1 is 1.12 bits per heavy atom. The van der Waals surface area contributed by atoms with E-state index in [1.54, 1.807) is 24.3 Å². The number of carbonyl (C=O) groups is 1. The average Bonchev–Trinajstić information content (AvgIpc) is 2.69. The highest BCUT2D eigenvalue weighted by Crippen LogP contribution is 2.20. The minimum absolute atomic E-state index is 0.121. The Labute approximate surface area is 157 Å². The van der Waals surface area contributed by atoms with Crippen LogP contribution in [0, 0.1) is 0 Å². The molecule has 1 fully saturated rings. The van der Waals surface area contributed by atoms with Gasteiger partial charge in [-0.15, -0.1) is 0 Å². The molecule has 0 aromatic heterocycles. The predicted molar refractivity (Wildman–Crippen MR) is 103 cm³/mol. The molecule has 1 heterocycles. The summed E-state index contributed by atoms with van der Waals surface area (Å²) in [5.74, 6) is 0. The summed E-state index contributed by atoms with van der Waals surface area (Å²) in [7, 11) is 0. The number of rotatable bonds is 5. The molecule has 1 unspecified atom stereocenters. The summed E-state index contributed by atoms with van der Waals surface area (Å²) >= 11 is 5.81. The van der Waals surface area contributed by atoms with Crippen LogP contribution >= 0.6 is 11.6 Å². The van der Waals surface area contributed by atoms with Crippen molar-refractivity contribution in [3.8, 4) is 0 Å². The molecule has 7 heteroatoms. The smallest absolute Gasteiger partial charge is 0.319 e. The molecule has 0 aliphatic carbocycles. The van der Waals surface area contributed by atoms with E-state index in [0.717, 1.165) is 37.6 Å². The van der Waals surface area contributed by atoms with Crippen molar-refractivity contribution in [2.75, 3.05) is 43.1 Å². The maximum Gasteiger partial charge on any atom is 0.319 e. The third kappa shape index (κ3) is 5.11. The Hall–Kier alpha value is -2.28. The number of aliphatic hydroxyl groups is 1. The lowest BCUT2D eigenvalue weighted by Gasteiger charge is -2.29. The third-order valence-electron chi connectivity index (χ3n) is 4.21. The van der Waals surface area contributed by atoms with Crippen LogP contribution in [0.1, 0.15) is 11.7 Å². The van der Waals surface area contributed by atoms with Crippen molar-refractivity contribution in [1.29, 1.82) is 0 Å². The van der Waals surface area contributed by atoms with Gasteiger partial charge in [0.05, 0.1) is 19.3 Å². The number of morpholine rings is 1. The molecule has 1 atom stereocenters. The standard InChI is InChI=1S/C19H22ClN3O3/c20-15-3-5-16(6-4-15)22-19(25)21-13-18(24)14-1-7-17(8-2-14)23-9-11-26-12-10-23/h1-8,18,24H,9-13H2,(H2,21,22,25). The van der Waals surface area contributed by atoms with Gasteiger partial charge in [-0.1, -0.05) is 23.7 Å². The number of urea groups is 1. The van der Waals surface area contributed by atoms with Gasteiger partial charge in [-0.25, -0.2) is 4.79 Å². The summed E-state index contributed by atoms with van der Waals surface area (Å²) in [5, 5.41) is 16.2. The van der Waals surface area contributed by atoms with E-state index in [9.17, 15) is 9.90 Å². The minimum atomic E-state index is -0.773. The average molecular weight is 376 g/mol. The molecular formula is C19H22ClN3O3. The van der Waals surface area contributed by atoms with Gasteiger partial charge in [0.2, 0.25) is 0 Å². The molecule has 0 bridgehead atoms. The fraction of sp³-hybridized carbons (Fsp3) is 0.316. The first-order valence-corrected chi connectivity index (χ1v) is 8.91. The maximum absolute atomic E-state index is 11.9. The minimum Gasteiger partial charge on any atom is -0.387 e. The summed E-state index contributed by atoms with van der Waals surface area (Å²) < 4.78 is 5.35. The van der Waals surface area contributed by atoms with Crippen LogP contribution in [-0.4, -0.2) is 44.0 Å². The van der Waals surface area contributed by atoms with Gasteiger partial charge in [0.1, 0.15) is 0 Å². The fourth-order valence-electron chi connectivity index (χ4n) is 2.74. The molecule has 2 amide bonds. The van der Waals surface area contributed by atoms with Crippen molar-refractivity contribution in [1.82, 2.24) is 5.32 Å². The Morgan fingerprint density at radius 3 is 2.42 bits per heavy atom. The molecule has 6 nitrogen and oxygen atoms in total. The van der Waals surface area contributed by atoms with E-state index in [1.165, 1.54) is 0 Å². The van der Waals surface area contributed by atoms with Crippen LogP contribution in [0.2, 0.25) is 5.02 Å². The van der Waals surface area contributed by atoms with Gasteiger partial charge in [0.15, 0.2) is 0 Å². The van der Waals surface area contributed by atoms with E-state index >= 15 is 0 Å². The number of benzene rings is 2. The van der Waals surface area contributed by atoms with Crippen molar-refractivity contribution in [2.24, 2.45) is 0 Å².